The highest BCUT2D eigenvalue weighted by molar-refractivity contribution is 9.11. The molecule has 0 bridgehead atoms. The molecule has 0 radical (unpaired) electrons. The van der Waals surface area contributed by atoms with Crippen LogP contribution in [0.4, 0.5) is 5.69 Å². The summed E-state index contributed by atoms with van der Waals surface area (Å²) in [5, 5.41) is 5.56. The summed E-state index contributed by atoms with van der Waals surface area (Å²) in [6, 6.07) is 10.5. The first kappa shape index (κ1) is 22.4. The molecule has 2 aromatic carbocycles. The smallest absolute Gasteiger partial charge is 0.262 e. The first-order valence-corrected chi connectivity index (χ1v) is 10.2. The number of rotatable bonds is 9. The molecule has 2 N–H and O–H groups in total. The van der Waals surface area contributed by atoms with E-state index in [2.05, 4.69) is 42.5 Å². The van der Waals surface area contributed by atoms with Crippen molar-refractivity contribution < 1.29 is 19.1 Å². The number of anilines is 1. The van der Waals surface area contributed by atoms with Gasteiger partial charge in [0.15, 0.2) is 6.61 Å². The van der Waals surface area contributed by atoms with E-state index in [9.17, 15) is 9.59 Å². The van der Waals surface area contributed by atoms with Gasteiger partial charge < -0.3 is 20.1 Å². The third kappa shape index (κ3) is 6.92. The highest BCUT2D eigenvalue weighted by Gasteiger charge is 2.11. The number of amides is 2. The van der Waals surface area contributed by atoms with Gasteiger partial charge in [-0.05, 0) is 65.2 Å². The molecule has 0 saturated carbocycles. The van der Waals surface area contributed by atoms with Crippen LogP contribution in [-0.4, -0.2) is 38.7 Å². The molecule has 2 rings (SSSR count). The zero-order valence-corrected chi connectivity index (χ0v) is 18.9. The second-order valence-electron chi connectivity index (χ2n) is 6.05. The van der Waals surface area contributed by atoms with Crippen LogP contribution in [0, 0.1) is 6.92 Å². The van der Waals surface area contributed by atoms with Gasteiger partial charge in [-0.25, -0.2) is 0 Å². The van der Waals surface area contributed by atoms with E-state index >= 15 is 0 Å². The summed E-state index contributed by atoms with van der Waals surface area (Å²) in [6.45, 7) is 2.87. The van der Waals surface area contributed by atoms with Crippen molar-refractivity contribution in [1.82, 2.24) is 5.32 Å². The average Bonchev–Trinajstić information content (AvgIpc) is 2.64. The third-order valence-electron chi connectivity index (χ3n) is 3.76. The summed E-state index contributed by atoms with van der Waals surface area (Å²) in [5.41, 5.74) is 1.91. The summed E-state index contributed by atoms with van der Waals surface area (Å²) in [7, 11) is 1.62. The van der Waals surface area contributed by atoms with Gasteiger partial charge in [0.25, 0.3) is 11.8 Å². The van der Waals surface area contributed by atoms with Crippen molar-refractivity contribution in [2.24, 2.45) is 0 Å². The van der Waals surface area contributed by atoms with Crippen LogP contribution in [-0.2, 0) is 9.53 Å². The molecule has 0 spiro atoms. The largest absolute Gasteiger partial charge is 0.482 e. The lowest BCUT2D eigenvalue weighted by Gasteiger charge is -2.12. The molecule has 0 heterocycles. The minimum atomic E-state index is -0.313. The Balaban J connectivity index is 1.91. The number of hydrogen-bond acceptors (Lipinski definition) is 4. The maximum absolute atomic E-state index is 12.2. The Hall–Kier alpha value is -1.90. The molecule has 2 aromatic rings. The molecule has 6 nitrogen and oxygen atoms in total. The van der Waals surface area contributed by atoms with Crippen molar-refractivity contribution in [1.29, 1.82) is 0 Å². The Morgan fingerprint density at radius 2 is 1.93 bits per heavy atom. The van der Waals surface area contributed by atoms with Crippen LogP contribution < -0.4 is 15.4 Å². The molecule has 0 unspecified atom stereocenters. The molecule has 0 aliphatic rings. The predicted molar refractivity (Wildman–Crippen MR) is 116 cm³/mol. The third-order valence-corrected chi connectivity index (χ3v) is 4.81. The number of benzene rings is 2. The highest BCUT2D eigenvalue weighted by Crippen LogP contribution is 2.32. The SMILES string of the molecule is COCCCNC(=O)c1cccc(NC(=O)COc2c(C)cc(Br)cc2Br)c1. The molecule has 8 heteroatoms. The van der Waals surface area contributed by atoms with Crippen LogP contribution in [0.2, 0.25) is 0 Å². The maximum Gasteiger partial charge on any atom is 0.262 e. The number of nitrogens with one attached hydrogen (secondary N) is 2. The molecule has 0 fully saturated rings. The fourth-order valence-electron chi connectivity index (χ4n) is 2.47. The predicted octanol–water partition coefficient (Wildman–Crippen LogP) is 4.30. The number of aryl methyl sites for hydroxylation is 1. The van der Waals surface area contributed by atoms with Crippen molar-refractivity contribution in [2.75, 3.05) is 32.2 Å². The number of halogens is 2. The monoisotopic (exact) mass is 512 g/mol. The fraction of sp³-hybridized carbons (Fsp3) is 0.300. The first-order valence-electron chi connectivity index (χ1n) is 8.66. The minimum Gasteiger partial charge on any atom is -0.482 e. The lowest BCUT2D eigenvalue weighted by Crippen LogP contribution is -2.25. The van der Waals surface area contributed by atoms with E-state index in [-0.39, 0.29) is 18.4 Å². The second-order valence-corrected chi connectivity index (χ2v) is 7.82. The van der Waals surface area contributed by atoms with E-state index in [4.69, 9.17) is 9.47 Å². The average molecular weight is 514 g/mol. The number of carbonyl (C=O) groups is 2. The van der Waals surface area contributed by atoms with Crippen molar-refractivity contribution in [3.05, 3.63) is 56.5 Å². The Labute approximate surface area is 181 Å². The standard InChI is InChI=1S/C20H22Br2N2O4/c1-13-9-15(21)11-17(22)19(13)28-12-18(25)24-16-6-3-5-14(10-16)20(26)23-7-4-8-27-2/h3,5-6,9-11H,4,7-8,12H2,1-2H3,(H,23,26)(H,24,25). The second kappa shape index (κ2) is 11.2. The van der Waals surface area contributed by atoms with Crippen LogP contribution in [0.15, 0.2) is 45.3 Å². The van der Waals surface area contributed by atoms with Crippen LogP contribution in [0.5, 0.6) is 5.75 Å². The maximum atomic E-state index is 12.2. The first-order chi connectivity index (χ1) is 13.4. The summed E-state index contributed by atoms with van der Waals surface area (Å²) in [4.78, 5) is 24.4. The van der Waals surface area contributed by atoms with E-state index in [1.807, 2.05) is 19.1 Å². The Morgan fingerprint density at radius 1 is 1.14 bits per heavy atom. The Morgan fingerprint density at radius 3 is 2.64 bits per heavy atom. The Kier molecular flexibility index (Phi) is 8.95. The van der Waals surface area contributed by atoms with E-state index in [0.29, 0.717) is 30.2 Å². The summed E-state index contributed by atoms with van der Waals surface area (Å²) in [5.74, 6) is 0.104. The van der Waals surface area contributed by atoms with Gasteiger partial charge >= 0.3 is 0 Å². The van der Waals surface area contributed by atoms with E-state index in [0.717, 1.165) is 20.9 Å². The molecule has 2 amide bonds. The van der Waals surface area contributed by atoms with Gasteiger partial charge in [0, 0.05) is 36.0 Å². The molecular formula is C20H22Br2N2O4. The van der Waals surface area contributed by atoms with Crippen molar-refractivity contribution in [2.45, 2.75) is 13.3 Å². The van der Waals surface area contributed by atoms with Crippen molar-refractivity contribution >= 4 is 49.4 Å². The van der Waals surface area contributed by atoms with E-state index in [1.165, 1.54) is 0 Å². The van der Waals surface area contributed by atoms with Crippen molar-refractivity contribution in [3.63, 3.8) is 0 Å². The lowest BCUT2D eigenvalue weighted by atomic mass is 10.2. The van der Waals surface area contributed by atoms with Gasteiger partial charge in [-0.1, -0.05) is 22.0 Å². The van der Waals surface area contributed by atoms with Crippen LogP contribution in [0.25, 0.3) is 0 Å². The quantitative estimate of drug-likeness (QED) is 0.490. The van der Waals surface area contributed by atoms with E-state index in [1.54, 1.807) is 31.4 Å². The molecule has 0 saturated heterocycles. The van der Waals surface area contributed by atoms with Gasteiger partial charge in [0.05, 0.1) is 4.47 Å². The molecule has 150 valence electrons. The Bertz CT molecular complexity index is 820. The van der Waals surface area contributed by atoms with Gasteiger partial charge in [0.2, 0.25) is 0 Å². The highest BCUT2D eigenvalue weighted by atomic mass is 79.9. The topological polar surface area (TPSA) is 76.7 Å². The number of hydrogen-bond donors (Lipinski definition) is 2. The van der Waals surface area contributed by atoms with Crippen LogP contribution in [0.3, 0.4) is 0 Å². The number of methoxy groups -OCH3 is 1. The number of carbonyl (C=O) groups excluding carboxylic acids is 2. The zero-order valence-electron chi connectivity index (χ0n) is 15.7. The molecule has 0 atom stereocenters. The number of ether oxygens (including phenoxy) is 2. The van der Waals surface area contributed by atoms with Gasteiger partial charge in [-0.3, -0.25) is 9.59 Å². The summed E-state index contributed by atoms with van der Waals surface area (Å²) < 4.78 is 12.3. The fourth-order valence-corrected chi connectivity index (χ4v) is 4.02. The van der Waals surface area contributed by atoms with Gasteiger partial charge in [0.1, 0.15) is 5.75 Å². The molecule has 0 aliphatic carbocycles. The minimum absolute atomic E-state index is 0.144. The van der Waals surface area contributed by atoms with Gasteiger partial charge in [-0.2, -0.15) is 0 Å². The summed E-state index contributed by atoms with van der Waals surface area (Å²) in [6.07, 6.45) is 0.737. The van der Waals surface area contributed by atoms with E-state index < -0.39 is 0 Å². The molecule has 28 heavy (non-hydrogen) atoms. The molecular weight excluding hydrogens is 492 g/mol. The zero-order chi connectivity index (χ0) is 20.5. The van der Waals surface area contributed by atoms with Gasteiger partial charge in [-0.15, -0.1) is 0 Å². The van der Waals surface area contributed by atoms with Crippen LogP contribution >= 0.6 is 31.9 Å². The molecule has 0 aliphatic heterocycles. The lowest BCUT2D eigenvalue weighted by molar-refractivity contribution is -0.118. The summed E-state index contributed by atoms with van der Waals surface area (Å²) >= 11 is 6.84. The molecule has 0 aromatic heterocycles. The van der Waals surface area contributed by atoms with Crippen molar-refractivity contribution in [3.8, 4) is 5.75 Å². The van der Waals surface area contributed by atoms with Crippen LogP contribution in [0.1, 0.15) is 22.3 Å². The normalized spacial score (nSPS) is 10.4.